The van der Waals surface area contributed by atoms with E-state index in [0.29, 0.717) is 16.3 Å². The van der Waals surface area contributed by atoms with Crippen molar-refractivity contribution >= 4 is 50.8 Å². The van der Waals surface area contributed by atoms with Gasteiger partial charge in [0.1, 0.15) is 0 Å². The van der Waals surface area contributed by atoms with E-state index in [1.165, 1.54) is 0 Å². The highest BCUT2D eigenvalue weighted by Gasteiger charge is 2.04. The number of rotatable bonds is 2. The zero-order valence-corrected chi connectivity index (χ0v) is 10.9. The minimum absolute atomic E-state index is 0.530. The van der Waals surface area contributed by atoms with Crippen LogP contribution >= 0.6 is 39.7 Å². The molecule has 0 aliphatic heterocycles. The lowest BCUT2D eigenvalue weighted by molar-refractivity contribution is 0.825. The first-order valence-electron chi connectivity index (χ1n) is 4.29. The van der Waals surface area contributed by atoms with Crippen LogP contribution in [0, 0.1) is 4.77 Å². The van der Waals surface area contributed by atoms with Crippen molar-refractivity contribution in [2.75, 3.05) is 0 Å². The lowest BCUT2D eigenvalue weighted by Crippen LogP contribution is -1.96. The van der Waals surface area contributed by atoms with Crippen molar-refractivity contribution in [3.8, 4) is 0 Å². The van der Waals surface area contributed by atoms with E-state index in [9.17, 15) is 0 Å². The Labute approximate surface area is 106 Å². The molecule has 0 unspecified atom stereocenters. The molecule has 2 nitrogen and oxygen atoms in total. The maximum atomic E-state index is 5.79. The number of hydrogen-bond donors (Lipinski definition) is 1. The molecule has 1 aromatic carbocycles. The Morgan fingerprint density at radius 1 is 1.60 bits per heavy atom. The van der Waals surface area contributed by atoms with Crippen LogP contribution in [0.4, 0.5) is 0 Å². The van der Waals surface area contributed by atoms with Gasteiger partial charge in [0.2, 0.25) is 0 Å². The average molecular weight is 304 g/mol. The molecule has 0 fully saturated rings. The van der Waals surface area contributed by atoms with Gasteiger partial charge in [0.25, 0.3) is 0 Å². The number of allylic oxidation sites excluding steroid dienone is 1. The number of hydrogen-bond acceptors (Lipinski definition) is 1. The Hall–Kier alpha value is -0.580. The molecule has 0 aliphatic rings. The molecule has 5 heteroatoms. The predicted molar refractivity (Wildman–Crippen MR) is 69.8 cm³/mol. The Morgan fingerprint density at radius 3 is 3.00 bits per heavy atom. The van der Waals surface area contributed by atoms with Crippen molar-refractivity contribution in [3.63, 3.8) is 0 Å². The van der Waals surface area contributed by atoms with E-state index >= 15 is 0 Å². The first-order chi connectivity index (χ1) is 7.08. The van der Waals surface area contributed by atoms with E-state index in [-0.39, 0.29) is 0 Å². The normalized spacial score (nSPS) is 10.8. The van der Waals surface area contributed by atoms with E-state index in [1.807, 2.05) is 22.8 Å². The van der Waals surface area contributed by atoms with Gasteiger partial charge in [0.15, 0.2) is 4.77 Å². The number of fused-ring (bicyclic) bond motifs is 1. The summed E-state index contributed by atoms with van der Waals surface area (Å²) in [6, 6.07) is 5.95. The van der Waals surface area contributed by atoms with E-state index in [1.54, 1.807) is 0 Å². The second-order valence-corrected chi connectivity index (χ2v) is 5.03. The number of aromatic nitrogens is 2. The molecule has 0 atom stereocenters. The predicted octanol–water partition coefficient (Wildman–Crippen LogP) is 4.21. The van der Waals surface area contributed by atoms with Crippen LogP contribution in [-0.2, 0) is 6.54 Å². The number of halogens is 2. The average Bonchev–Trinajstić information content (AvgIpc) is 2.41. The van der Waals surface area contributed by atoms with Crippen LogP contribution < -0.4 is 0 Å². The van der Waals surface area contributed by atoms with Gasteiger partial charge in [0, 0.05) is 9.51 Å². The third-order valence-electron chi connectivity index (χ3n) is 2.07. The summed E-state index contributed by atoms with van der Waals surface area (Å²) < 4.78 is 3.60. The van der Waals surface area contributed by atoms with Gasteiger partial charge in [0.05, 0.1) is 17.6 Å². The highest BCUT2D eigenvalue weighted by atomic mass is 79.9. The van der Waals surface area contributed by atoms with Gasteiger partial charge in [-0.2, -0.15) is 0 Å². The highest BCUT2D eigenvalue weighted by Crippen LogP contribution is 2.20. The summed E-state index contributed by atoms with van der Waals surface area (Å²) in [6.07, 6.45) is 0. The van der Waals surface area contributed by atoms with Crippen molar-refractivity contribution in [2.45, 2.75) is 6.54 Å². The monoisotopic (exact) mass is 302 g/mol. The molecule has 1 aromatic heterocycles. The third-order valence-corrected chi connectivity index (χ3v) is 3.00. The number of benzene rings is 1. The molecule has 0 aliphatic carbocycles. The topological polar surface area (TPSA) is 20.7 Å². The molecule has 0 radical (unpaired) electrons. The molecular weight excluding hydrogens is 296 g/mol. The standard InChI is InChI=1S/C10H8BrClN2S/c1-6(12)5-14-9-3-2-7(11)4-8(9)13-10(14)15/h2-4H,1,5H2,(H,13,15). The van der Waals surface area contributed by atoms with Gasteiger partial charge in [-0.05, 0) is 30.4 Å². The number of imidazole rings is 1. The Morgan fingerprint density at radius 2 is 2.33 bits per heavy atom. The molecule has 15 heavy (non-hydrogen) atoms. The minimum Gasteiger partial charge on any atom is -0.331 e. The summed E-state index contributed by atoms with van der Waals surface area (Å²) in [4.78, 5) is 3.12. The fraction of sp³-hybridized carbons (Fsp3) is 0.100. The van der Waals surface area contributed by atoms with Crippen molar-refractivity contribution < 1.29 is 0 Å². The SMILES string of the molecule is C=C(Cl)Cn1c(=S)[nH]c2cc(Br)ccc21. The van der Waals surface area contributed by atoms with E-state index < -0.39 is 0 Å². The number of H-pyrrole nitrogens is 1. The molecule has 2 rings (SSSR count). The lowest BCUT2D eigenvalue weighted by atomic mass is 10.3. The second kappa shape index (κ2) is 4.12. The molecule has 0 spiro atoms. The molecule has 0 amide bonds. The molecule has 2 aromatic rings. The van der Waals surface area contributed by atoms with Gasteiger partial charge in [-0.1, -0.05) is 34.1 Å². The summed E-state index contributed by atoms with van der Waals surface area (Å²) >= 11 is 14.4. The van der Waals surface area contributed by atoms with Crippen LogP contribution in [0.15, 0.2) is 34.3 Å². The summed E-state index contributed by atoms with van der Waals surface area (Å²) in [6.45, 7) is 4.20. The van der Waals surface area contributed by atoms with Gasteiger partial charge >= 0.3 is 0 Å². The van der Waals surface area contributed by atoms with Gasteiger partial charge in [-0.15, -0.1) is 0 Å². The van der Waals surface area contributed by atoms with Gasteiger partial charge in [-0.3, -0.25) is 0 Å². The van der Waals surface area contributed by atoms with Crippen molar-refractivity contribution in [2.24, 2.45) is 0 Å². The van der Waals surface area contributed by atoms with Gasteiger partial charge < -0.3 is 9.55 Å². The van der Waals surface area contributed by atoms with Crippen LogP contribution in [0.2, 0.25) is 0 Å². The van der Waals surface area contributed by atoms with Crippen LogP contribution in [0.1, 0.15) is 0 Å². The number of nitrogens with one attached hydrogen (secondary N) is 1. The smallest absolute Gasteiger partial charge is 0.178 e. The fourth-order valence-corrected chi connectivity index (χ4v) is 2.22. The molecule has 0 saturated heterocycles. The first-order valence-corrected chi connectivity index (χ1v) is 5.87. The maximum absolute atomic E-state index is 5.79. The summed E-state index contributed by atoms with van der Waals surface area (Å²) in [5, 5.41) is 0.565. The number of nitrogens with zero attached hydrogens (tertiary/aromatic N) is 1. The molecule has 1 N–H and O–H groups in total. The molecular formula is C10H8BrClN2S. The molecule has 1 heterocycles. The Bertz CT molecular complexity index is 585. The minimum atomic E-state index is 0.530. The summed E-state index contributed by atoms with van der Waals surface area (Å²) in [5.41, 5.74) is 2.03. The lowest BCUT2D eigenvalue weighted by Gasteiger charge is -2.01. The van der Waals surface area contributed by atoms with Crippen LogP contribution in [0.3, 0.4) is 0 Å². The van der Waals surface area contributed by atoms with E-state index in [2.05, 4.69) is 27.5 Å². The summed E-state index contributed by atoms with van der Waals surface area (Å²) in [5.74, 6) is 0. The maximum Gasteiger partial charge on any atom is 0.178 e. The fourth-order valence-electron chi connectivity index (χ4n) is 1.46. The van der Waals surface area contributed by atoms with E-state index in [4.69, 9.17) is 23.8 Å². The first kappa shape index (κ1) is 10.9. The zero-order chi connectivity index (χ0) is 11.0. The third kappa shape index (κ3) is 2.17. The molecule has 0 bridgehead atoms. The molecule has 78 valence electrons. The summed E-state index contributed by atoms with van der Waals surface area (Å²) in [7, 11) is 0. The van der Waals surface area contributed by atoms with Crippen molar-refractivity contribution in [1.29, 1.82) is 0 Å². The van der Waals surface area contributed by atoms with Crippen LogP contribution in [0.25, 0.3) is 11.0 Å². The Kier molecular flexibility index (Phi) is 3.00. The number of aromatic amines is 1. The zero-order valence-electron chi connectivity index (χ0n) is 7.76. The van der Waals surface area contributed by atoms with Crippen molar-refractivity contribution in [3.05, 3.63) is 39.1 Å². The molecule has 0 saturated carbocycles. The van der Waals surface area contributed by atoms with Crippen LogP contribution in [-0.4, -0.2) is 9.55 Å². The largest absolute Gasteiger partial charge is 0.331 e. The van der Waals surface area contributed by atoms with Crippen molar-refractivity contribution in [1.82, 2.24) is 9.55 Å². The van der Waals surface area contributed by atoms with Gasteiger partial charge in [-0.25, -0.2) is 0 Å². The Balaban J connectivity index is 2.68. The second-order valence-electron chi connectivity index (χ2n) is 3.20. The van der Waals surface area contributed by atoms with Crippen LogP contribution in [0.5, 0.6) is 0 Å². The quantitative estimate of drug-likeness (QED) is 0.824. The highest BCUT2D eigenvalue weighted by molar-refractivity contribution is 9.10. The van der Waals surface area contributed by atoms with E-state index in [0.717, 1.165) is 15.5 Å².